The Hall–Kier alpha value is -0.970. The number of nitrogens with zero attached hydrogens (tertiary/aromatic N) is 2. The molecule has 0 bridgehead atoms. The van der Waals surface area contributed by atoms with Gasteiger partial charge in [0.2, 0.25) is 0 Å². The fraction of sp³-hybridized carbons (Fsp3) is 0.636. The first-order chi connectivity index (χ1) is 7.72. The summed E-state index contributed by atoms with van der Waals surface area (Å²) in [5, 5.41) is 6.52. The van der Waals surface area contributed by atoms with E-state index in [0.717, 1.165) is 29.4 Å². The molecule has 1 atom stereocenters. The Balaban J connectivity index is 2.79. The zero-order valence-corrected chi connectivity index (χ0v) is 11.2. The van der Waals surface area contributed by atoms with Gasteiger partial charge in [-0.1, -0.05) is 6.92 Å². The molecule has 0 saturated heterocycles. The molecule has 2 N–H and O–H groups in total. The van der Waals surface area contributed by atoms with Crippen molar-refractivity contribution in [2.75, 3.05) is 29.7 Å². The Bertz CT molecular complexity index is 330. The minimum absolute atomic E-state index is 0.466. The summed E-state index contributed by atoms with van der Waals surface area (Å²) in [6, 6.07) is 0.466. The van der Waals surface area contributed by atoms with Crippen LogP contribution in [0.5, 0.6) is 0 Å². The number of anilines is 2. The maximum atomic E-state index is 4.29. The number of hydrogen-bond acceptors (Lipinski definition) is 5. The van der Waals surface area contributed by atoms with Crippen LogP contribution in [0.1, 0.15) is 18.9 Å². The predicted molar refractivity (Wildman–Crippen MR) is 72.4 cm³/mol. The van der Waals surface area contributed by atoms with Gasteiger partial charge in [0.15, 0.2) is 0 Å². The summed E-state index contributed by atoms with van der Waals surface area (Å²) >= 11 is 1.85. The lowest BCUT2D eigenvalue weighted by Crippen LogP contribution is -2.22. The summed E-state index contributed by atoms with van der Waals surface area (Å²) in [7, 11) is 1.87. The number of rotatable bonds is 6. The zero-order chi connectivity index (χ0) is 12.0. The quantitative estimate of drug-likeness (QED) is 0.799. The van der Waals surface area contributed by atoms with Gasteiger partial charge in [-0.25, -0.2) is 9.97 Å². The van der Waals surface area contributed by atoms with E-state index in [1.165, 1.54) is 0 Å². The third-order valence-electron chi connectivity index (χ3n) is 2.52. The summed E-state index contributed by atoms with van der Waals surface area (Å²) in [5.41, 5.74) is 1.07. The second-order valence-corrected chi connectivity index (χ2v) is 4.56. The topological polar surface area (TPSA) is 49.8 Å². The summed E-state index contributed by atoms with van der Waals surface area (Å²) in [6.07, 6.45) is 4.81. The van der Waals surface area contributed by atoms with Gasteiger partial charge in [-0.3, -0.25) is 0 Å². The van der Waals surface area contributed by atoms with Crippen molar-refractivity contribution in [3.63, 3.8) is 0 Å². The highest BCUT2D eigenvalue weighted by molar-refractivity contribution is 7.98. The van der Waals surface area contributed by atoms with Crippen LogP contribution in [0.15, 0.2) is 6.33 Å². The molecule has 16 heavy (non-hydrogen) atoms. The second-order valence-electron chi connectivity index (χ2n) is 3.65. The molecule has 0 radical (unpaired) electrons. The SMILES string of the molecule is CCC(CSC)Nc1ncnc(NC)c1C. The van der Waals surface area contributed by atoms with Crippen molar-refractivity contribution >= 4 is 23.4 Å². The van der Waals surface area contributed by atoms with Gasteiger partial charge in [0.05, 0.1) is 0 Å². The standard InChI is InChI=1S/C11H20N4S/c1-5-9(6-16-4)15-11-8(2)10(12-3)13-7-14-11/h7,9H,5-6H2,1-4H3,(H2,12,13,14,15). The number of nitrogens with one attached hydrogen (secondary N) is 2. The van der Waals surface area contributed by atoms with E-state index < -0.39 is 0 Å². The average Bonchev–Trinajstić information content (AvgIpc) is 2.31. The van der Waals surface area contributed by atoms with Gasteiger partial charge in [-0.05, 0) is 19.6 Å². The Morgan fingerprint density at radius 2 is 2.06 bits per heavy atom. The monoisotopic (exact) mass is 240 g/mol. The van der Waals surface area contributed by atoms with Gasteiger partial charge in [0, 0.05) is 24.4 Å². The molecule has 90 valence electrons. The molecule has 5 heteroatoms. The third kappa shape index (κ3) is 3.27. The molecule has 0 aliphatic heterocycles. The molecule has 0 spiro atoms. The van der Waals surface area contributed by atoms with E-state index >= 15 is 0 Å². The molecule has 0 aliphatic rings. The van der Waals surface area contributed by atoms with Gasteiger partial charge in [-0.2, -0.15) is 11.8 Å². The minimum Gasteiger partial charge on any atom is -0.373 e. The first kappa shape index (κ1) is 13.1. The largest absolute Gasteiger partial charge is 0.373 e. The van der Waals surface area contributed by atoms with Crippen molar-refractivity contribution in [3.05, 3.63) is 11.9 Å². The summed E-state index contributed by atoms with van der Waals surface area (Å²) in [4.78, 5) is 8.45. The highest BCUT2D eigenvalue weighted by Gasteiger charge is 2.10. The van der Waals surface area contributed by atoms with E-state index in [-0.39, 0.29) is 0 Å². The molecule has 0 fully saturated rings. The predicted octanol–water partition coefficient (Wildman–Crippen LogP) is 2.38. The number of hydrogen-bond donors (Lipinski definition) is 2. The zero-order valence-electron chi connectivity index (χ0n) is 10.4. The first-order valence-electron chi connectivity index (χ1n) is 5.47. The van der Waals surface area contributed by atoms with Crippen LogP contribution in [-0.2, 0) is 0 Å². The van der Waals surface area contributed by atoms with Crippen LogP contribution in [-0.4, -0.2) is 35.1 Å². The van der Waals surface area contributed by atoms with Crippen molar-refractivity contribution in [1.29, 1.82) is 0 Å². The molecule has 1 aromatic rings. The minimum atomic E-state index is 0.466. The van der Waals surface area contributed by atoms with Gasteiger partial charge < -0.3 is 10.6 Å². The maximum Gasteiger partial charge on any atom is 0.134 e. The average molecular weight is 240 g/mol. The molecule has 0 aromatic carbocycles. The lowest BCUT2D eigenvalue weighted by Gasteiger charge is -2.18. The van der Waals surface area contributed by atoms with Crippen LogP contribution in [0.2, 0.25) is 0 Å². The van der Waals surface area contributed by atoms with Crippen molar-refractivity contribution in [2.45, 2.75) is 26.3 Å². The molecule has 4 nitrogen and oxygen atoms in total. The van der Waals surface area contributed by atoms with Crippen LogP contribution < -0.4 is 10.6 Å². The molecule has 1 aromatic heterocycles. The van der Waals surface area contributed by atoms with Gasteiger partial charge in [-0.15, -0.1) is 0 Å². The van der Waals surface area contributed by atoms with E-state index in [9.17, 15) is 0 Å². The fourth-order valence-electron chi connectivity index (χ4n) is 1.50. The Kier molecular flexibility index (Phi) is 5.38. The van der Waals surface area contributed by atoms with Crippen molar-refractivity contribution in [3.8, 4) is 0 Å². The van der Waals surface area contributed by atoms with E-state index in [4.69, 9.17) is 0 Å². The van der Waals surface area contributed by atoms with E-state index in [1.54, 1.807) is 6.33 Å². The highest BCUT2D eigenvalue weighted by Crippen LogP contribution is 2.19. The summed E-state index contributed by atoms with van der Waals surface area (Å²) in [5.74, 6) is 2.91. The second kappa shape index (κ2) is 6.58. The van der Waals surface area contributed by atoms with E-state index in [2.05, 4.69) is 33.8 Å². The van der Waals surface area contributed by atoms with Crippen molar-refractivity contribution < 1.29 is 0 Å². The van der Waals surface area contributed by atoms with Crippen molar-refractivity contribution in [2.24, 2.45) is 0 Å². The Labute approximate surface area is 102 Å². The Morgan fingerprint density at radius 3 is 2.62 bits per heavy atom. The highest BCUT2D eigenvalue weighted by atomic mass is 32.2. The molecule has 1 heterocycles. The molecule has 0 saturated carbocycles. The lowest BCUT2D eigenvalue weighted by molar-refractivity contribution is 0.767. The van der Waals surface area contributed by atoms with Gasteiger partial charge >= 0.3 is 0 Å². The molecule has 1 unspecified atom stereocenters. The third-order valence-corrected chi connectivity index (χ3v) is 3.26. The number of thioether (sulfide) groups is 1. The molecule has 0 amide bonds. The summed E-state index contributed by atoms with van der Waals surface area (Å²) in [6.45, 7) is 4.21. The summed E-state index contributed by atoms with van der Waals surface area (Å²) < 4.78 is 0. The van der Waals surface area contributed by atoms with E-state index in [1.807, 2.05) is 25.7 Å². The lowest BCUT2D eigenvalue weighted by atomic mass is 10.2. The van der Waals surface area contributed by atoms with Crippen LogP contribution in [0.4, 0.5) is 11.6 Å². The van der Waals surface area contributed by atoms with Crippen molar-refractivity contribution in [1.82, 2.24) is 9.97 Å². The van der Waals surface area contributed by atoms with Gasteiger partial charge in [0.25, 0.3) is 0 Å². The Morgan fingerprint density at radius 1 is 1.38 bits per heavy atom. The maximum absolute atomic E-state index is 4.29. The smallest absolute Gasteiger partial charge is 0.134 e. The molecular formula is C11H20N4S. The van der Waals surface area contributed by atoms with Crippen LogP contribution in [0, 0.1) is 6.92 Å². The molecular weight excluding hydrogens is 220 g/mol. The normalized spacial score (nSPS) is 12.2. The number of aromatic nitrogens is 2. The fourth-order valence-corrected chi connectivity index (χ4v) is 2.23. The van der Waals surface area contributed by atoms with Crippen LogP contribution in [0.3, 0.4) is 0 Å². The molecule has 1 rings (SSSR count). The van der Waals surface area contributed by atoms with Crippen LogP contribution >= 0.6 is 11.8 Å². The van der Waals surface area contributed by atoms with Crippen LogP contribution in [0.25, 0.3) is 0 Å². The van der Waals surface area contributed by atoms with E-state index in [0.29, 0.717) is 6.04 Å². The van der Waals surface area contributed by atoms with Gasteiger partial charge in [0.1, 0.15) is 18.0 Å². The molecule has 0 aliphatic carbocycles. The first-order valence-corrected chi connectivity index (χ1v) is 6.87.